The molecular weight excluding hydrogens is 937 g/mol. The van der Waals surface area contributed by atoms with Crippen molar-refractivity contribution < 1.29 is 8.85 Å². The van der Waals surface area contributed by atoms with Gasteiger partial charge in [0.15, 0.2) is 0 Å². The summed E-state index contributed by atoms with van der Waals surface area (Å²) in [6, 6.07) is 67.1. The van der Waals surface area contributed by atoms with Gasteiger partial charge in [0.05, 0.1) is 29.1 Å². The lowest BCUT2D eigenvalue weighted by molar-refractivity contribution is 0.306. The lowest BCUT2D eigenvalue weighted by Gasteiger charge is -2.26. The first-order valence-electron chi connectivity index (χ1n) is 29.0. The van der Waals surface area contributed by atoms with Gasteiger partial charge in [0.25, 0.3) is 0 Å². The molecule has 77 heavy (non-hydrogen) atoms. The lowest BCUT2D eigenvalue weighted by atomic mass is 9.79. The molecule has 8 aromatic carbocycles. The van der Waals surface area contributed by atoms with Gasteiger partial charge in [-0.3, -0.25) is 4.57 Å². The zero-order chi connectivity index (χ0) is 56.1. The Morgan fingerprint density at radius 1 is 0.519 bits per heavy atom. The number of anilines is 3. The van der Waals surface area contributed by atoms with Gasteiger partial charge >= 0.3 is 0 Å². The SMILES string of the molecule is [2H]C([2H])([2H])c1cc(C(C)(C)C)cc(-c2cc(-c3ccccc3)cc(C(C)(C)C)c2)c1CCCCN1CN(c2cccc(COc3ccc4c5cc(-c6ccccc6)ccc5n(-c5cc(C(C)(C)C)ccn5)c4c3)c2)c2ccccc21. The standard InChI is InChI=1S/C72H74N4O/c1-49-38-57(71(5,6)7)44-63(55-40-54(52-25-15-12-16-26-52)41-58(42-55)72(8,9)10)61(49)28-19-20-37-74-48-75(67-30-18-17-29-66(67)74)59-27-21-22-50(39-59)47-77-60-32-33-62-64-43-53(51-23-13-11-14-24-51)31-34-65(64)76(68(62)46-60)69-45-56(35-36-73-69)70(2,3)4/h11-18,21-27,29-36,38-46H,19-20,28,37,47-48H2,1-10H3/i1D3. The summed E-state index contributed by atoms with van der Waals surface area (Å²) in [5.41, 5.74) is 17.9. The Morgan fingerprint density at radius 3 is 1.94 bits per heavy atom. The summed E-state index contributed by atoms with van der Waals surface area (Å²) in [6.07, 6.45) is 4.31. The van der Waals surface area contributed by atoms with Crippen molar-refractivity contribution in [2.45, 2.75) is 111 Å². The highest BCUT2D eigenvalue weighted by Gasteiger charge is 2.28. The molecule has 0 bridgehead atoms. The summed E-state index contributed by atoms with van der Waals surface area (Å²) in [7, 11) is 0. The number of ether oxygens (including phenoxy) is 1. The second-order valence-electron chi connectivity index (χ2n) is 24.2. The molecule has 0 saturated carbocycles. The number of para-hydroxylation sites is 2. The van der Waals surface area contributed by atoms with E-state index in [0.29, 0.717) is 25.3 Å². The van der Waals surface area contributed by atoms with E-state index in [2.05, 4.69) is 253 Å². The van der Waals surface area contributed by atoms with Crippen LogP contribution < -0.4 is 14.5 Å². The first-order valence-corrected chi connectivity index (χ1v) is 27.5. The smallest absolute Gasteiger partial charge is 0.137 e. The van der Waals surface area contributed by atoms with Gasteiger partial charge in [0.1, 0.15) is 18.2 Å². The number of nitrogens with zero attached hydrogens (tertiary/aromatic N) is 4. The van der Waals surface area contributed by atoms with Crippen LogP contribution in [0.3, 0.4) is 0 Å². The van der Waals surface area contributed by atoms with Crippen molar-refractivity contribution in [2.24, 2.45) is 0 Å². The minimum atomic E-state index is -2.28. The molecule has 0 unspecified atom stereocenters. The summed E-state index contributed by atoms with van der Waals surface area (Å²) < 4.78 is 35.8. The zero-order valence-corrected chi connectivity index (χ0v) is 46.4. The third-order valence-electron chi connectivity index (χ3n) is 15.6. The van der Waals surface area contributed by atoms with E-state index in [0.717, 1.165) is 92.0 Å². The van der Waals surface area contributed by atoms with Gasteiger partial charge in [-0.25, -0.2) is 4.98 Å². The van der Waals surface area contributed by atoms with E-state index in [9.17, 15) is 0 Å². The van der Waals surface area contributed by atoms with Crippen LogP contribution >= 0.6 is 0 Å². The van der Waals surface area contributed by atoms with Crippen LogP contribution in [-0.2, 0) is 29.3 Å². The first-order chi connectivity index (χ1) is 38.2. The molecule has 1 aliphatic heterocycles. The number of aryl methyl sites for hydroxylation is 1. The molecule has 0 aliphatic carbocycles. The molecule has 10 aromatic rings. The van der Waals surface area contributed by atoms with Crippen molar-refractivity contribution in [3.05, 3.63) is 228 Å². The van der Waals surface area contributed by atoms with Crippen molar-refractivity contribution in [1.29, 1.82) is 0 Å². The average Bonchev–Trinajstić information content (AvgIpc) is 4.01. The number of pyridine rings is 1. The molecular formula is C72H74N4O. The molecule has 388 valence electrons. The van der Waals surface area contributed by atoms with E-state index in [-0.39, 0.29) is 16.2 Å². The predicted octanol–water partition coefficient (Wildman–Crippen LogP) is 18.9. The Labute approximate surface area is 462 Å². The fourth-order valence-electron chi connectivity index (χ4n) is 11.1. The van der Waals surface area contributed by atoms with E-state index in [1.165, 1.54) is 39.0 Å². The van der Waals surface area contributed by atoms with E-state index in [4.69, 9.17) is 13.8 Å². The van der Waals surface area contributed by atoms with Gasteiger partial charge in [0, 0.05) is 39.4 Å². The van der Waals surface area contributed by atoms with Gasteiger partial charge in [0.2, 0.25) is 0 Å². The fraction of sp³-hybridized carbons (Fsp3) is 0.264. The van der Waals surface area contributed by atoms with Gasteiger partial charge in [-0.1, -0.05) is 178 Å². The average molecular weight is 1010 g/mol. The van der Waals surface area contributed by atoms with E-state index < -0.39 is 6.85 Å². The second kappa shape index (κ2) is 20.6. The molecule has 5 heteroatoms. The Bertz CT molecular complexity index is 3880. The van der Waals surface area contributed by atoms with Crippen molar-refractivity contribution >= 4 is 38.9 Å². The van der Waals surface area contributed by atoms with E-state index in [1.54, 1.807) is 0 Å². The van der Waals surface area contributed by atoms with Crippen LogP contribution in [-0.4, -0.2) is 22.8 Å². The summed E-state index contributed by atoms with van der Waals surface area (Å²) in [4.78, 5) is 9.81. The number of hydrogen-bond donors (Lipinski definition) is 0. The topological polar surface area (TPSA) is 33.5 Å². The molecule has 0 fully saturated rings. The van der Waals surface area contributed by atoms with Crippen molar-refractivity contribution in [1.82, 2.24) is 9.55 Å². The monoisotopic (exact) mass is 1010 g/mol. The maximum Gasteiger partial charge on any atom is 0.137 e. The molecule has 0 amide bonds. The molecule has 0 atom stereocenters. The third-order valence-corrected chi connectivity index (χ3v) is 15.6. The van der Waals surface area contributed by atoms with Crippen LogP contribution in [0.15, 0.2) is 194 Å². The number of benzene rings is 8. The van der Waals surface area contributed by atoms with Crippen LogP contribution in [0.4, 0.5) is 17.1 Å². The molecule has 3 heterocycles. The summed E-state index contributed by atoms with van der Waals surface area (Å²) in [6.45, 7) is 19.7. The zero-order valence-electron chi connectivity index (χ0n) is 49.4. The largest absolute Gasteiger partial charge is 0.489 e. The molecule has 0 radical (unpaired) electrons. The quantitative estimate of drug-likeness (QED) is 0.108. The van der Waals surface area contributed by atoms with Crippen LogP contribution in [0.1, 0.15) is 113 Å². The predicted molar refractivity (Wildman–Crippen MR) is 327 cm³/mol. The molecule has 0 saturated heterocycles. The lowest BCUT2D eigenvalue weighted by Crippen LogP contribution is -2.28. The normalized spacial score (nSPS) is 13.7. The number of hydrogen-bond acceptors (Lipinski definition) is 4. The van der Waals surface area contributed by atoms with Gasteiger partial charge < -0.3 is 14.5 Å². The molecule has 2 aromatic heterocycles. The molecule has 11 rings (SSSR count). The van der Waals surface area contributed by atoms with Gasteiger partial charge in [-0.2, -0.15) is 0 Å². The Hall–Kier alpha value is -7.89. The Balaban J connectivity index is 0.841. The summed E-state index contributed by atoms with van der Waals surface area (Å²) >= 11 is 0. The van der Waals surface area contributed by atoms with Crippen LogP contribution in [0.2, 0.25) is 0 Å². The van der Waals surface area contributed by atoms with Crippen LogP contribution in [0, 0.1) is 6.85 Å². The minimum absolute atomic E-state index is 0.0376. The summed E-state index contributed by atoms with van der Waals surface area (Å²) in [5, 5.41) is 2.31. The molecule has 0 N–H and O–H groups in total. The Morgan fingerprint density at radius 2 is 1.21 bits per heavy atom. The van der Waals surface area contributed by atoms with Gasteiger partial charge in [-0.15, -0.1) is 0 Å². The van der Waals surface area contributed by atoms with E-state index >= 15 is 0 Å². The number of unbranched alkanes of at least 4 members (excludes halogenated alkanes) is 1. The van der Waals surface area contributed by atoms with E-state index in [1.807, 2.05) is 18.3 Å². The second-order valence-corrected chi connectivity index (χ2v) is 24.2. The highest BCUT2D eigenvalue weighted by atomic mass is 16.5. The molecule has 5 nitrogen and oxygen atoms in total. The highest BCUT2D eigenvalue weighted by molar-refractivity contribution is 6.10. The number of fused-ring (bicyclic) bond motifs is 4. The van der Waals surface area contributed by atoms with Crippen LogP contribution in [0.25, 0.3) is 61.0 Å². The maximum absolute atomic E-state index is 8.92. The van der Waals surface area contributed by atoms with Crippen molar-refractivity contribution in [3.63, 3.8) is 0 Å². The Kier molecular flexibility index (Phi) is 12.7. The van der Waals surface area contributed by atoms with Crippen LogP contribution in [0.5, 0.6) is 5.75 Å². The van der Waals surface area contributed by atoms with Gasteiger partial charge in [-0.05, 0) is 176 Å². The maximum atomic E-state index is 8.92. The van der Waals surface area contributed by atoms with Crippen molar-refractivity contribution in [2.75, 3.05) is 23.0 Å². The first kappa shape index (κ1) is 47.6. The van der Waals surface area contributed by atoms with Crippen molar-refractivity contribution in [3.8, 4) is 44.9 Å². The summed E-state index contributed by atoms with van der Waals surface area (Å²) in [5.74, 6) is 1.67. The molecule has 0 spiro atoms. The third kappa shape index (κ3) is 10.7. The number of rotatable bonds is 13. The fourth-order valence-corrected chi connectivity index (χ4v) is 11.1. The number of aromatic nitrogens is 2. The minimum Gasteiger partial charge on any atom is -0.489 e. The highest BCUT2D eigenvalue weighted by Crippen LogP contribution is 2.43. The molecule has 1 aliphatic rings.